The number of hydrogen-bond donors (Lipinski definition) is 1. The van der Waals surface area contributed by atoms with Gasteiger partial charge in [0.2, 0.25) is 11.7 Å². The van der Waals surface area contributed by atoms with Gasteiger partial charge in [-0.05, 0) is 49.9 Å². The zero-order valence-corrected chi connectivity index (χ0v) is 17.1. The van der Waals surface area contributed by atoms with Crippen LogP contribution in [-0.4, -0.2) is 38.4 Å². The van der Waals surface area contributed by atoms with Crippen LogP contribution in [0.5, 0.6) is 0 Å². The predicted octanol–water partition coefficient (Wildman–Crippen LogP) is 2.55. The minimum atomic E-state index is -0.618. The summed E-state index contributed by atoms with van der Waals surface area (Å²) in [5.41, 5.74) is 3.54. The highest BCUT2D eigenvalue weighted by molar-refractivity contribution is 5.92. The Labute approximate surface area is 173 Å². The number of hydrogen-bond acceptors (Lipinski definition) is 7. The van der Waals surface area contributed by atoms with E-state index in [0.29, 0.717) is 18.1 Å². The summed E-state index contributed by atoms with van der Waals surface area (Å²) in [6.45, 7) is 3.72. The molecule has 1 aliphatic carbocycles. The Hall–Kier alpha value is -3.49. The Kier molecular flexibility index (Phi) is 5.35. The lowest BCUT2D eigenvalue weighted by atomic mass is 10.0. The molecule has 1 aliphatic rings. The van der Waals surface area contributed by atoms with Gasteiger partial charge < -0.3 is 14.6 Å². The van der Waals surface area contributed by atoms with Crippen LogP contribution in [0.25, 0.3) is 11.4 Å². The second-order valence-corrected chi connectivity index (χ2v) is 7.25. The SMILES string of the molecule is CCOC(=O)C(C)c1nc(-c2ccc3c(c2)CC[C@H]3NC(=O)c2ccnn2C)no1. The summed E-state index contributed by atoms with van der Waals surface area (Å²) < 4.78 is 11.8. The lowest BCUT2D eigenvalue weighted by Gasteiger charge is -2.14. The first-order chi connectivity index (χ1) is 14.5. The monoisotopic (exact) mass is 409 g/mol. The Bertz CT molecular complexity index is 1090. The van der Waals surface area contributed by atoms with E-state index in [1.165, 1.54) is 0 Å². The van der Waals surface area contributed by atoms with Crippen molar-refractivity contribution in [2.75, 3.05) is 6.61 Å². The molecule has 156 valence electrons. The van der Waals surface area contributed by atoms with Crippen molar-refractivity contribution in [2.24, 2.45) is 7.05 Å². The van der Waals surface area contributed by atoms with Crippen molar-refractivity contribution in [3.63, 3.8) is 0 Å². The van der Waals surface area contributed by atoms with E-state index in [-0.39, 0.29) is 17.8 Å². The molecule has 2 aromatic heterocycles. The van der Waals surface area contributed by atoms with Crippen LogP contribution in [-0.2, 0) is 23.0 Å². The second-order valence-electron chi connectivity index (χ2n) is 7.25. The first kappa shape index (κ1) is 19.8. The Morgan fingerprint density at radius 2 is 2.20 bits per heavy atom. The topological polar surface area (TPSA) is 112 Å². The van der Waals surface area contributed by atoms with Crippen LogP contribution >= 0.6 is 0 Å². The van der Waals surface area contributed by atoms with Gasteiger partial charge in [-0.1, -0.05) is 17.3 Å². The number of rotatable bonds is 6. The van der Waals surface area contributed by atoms with Gasteiger partial charge in [0.15, 0.2) is 0 Å². The number of amides is 1. The molecule has 2 heterocycles. The molecule has 0 saturated carbocycles. The van der Waals surface area contributed by atoms with Gasteiger partial charge in [0.1, 0.15) is 11.6 Å². The molecule has 1 unspecified atom stereocenters. The van der Waals surface area contributed by atoms with E-state index in [0.717, 1.165) is 29.5 Å². The molecule has 0 fully saturated rings. The molecule has 9 nitrogen and oxygen atoms in total. The van der Waals surface area contributed by atoms with Crippen LogP contribution in [0.3, 0.4) is 0 Å². The molecular formula is C21H23N5O4. The fourth-order valence-corrected chi connectivity index (χ4v) is 3.63. The van der Waals surface area contributed by atoms with E-state index in [4.69, 9.17) is 9.26 Å². The summed E-state index contributed by atoms with van der Waals surface area (Å²) in [5.74, 6) is -0.509. The Morgan fingerprint density at radius 1 is 1.37 bits per heavy atom. The molecule has 0 bridgehead atoms. The van der Waals surface area contributed by atoms with Crippen molar-refractivity contribution in [3.05, 3.63) is 53.2 Å². The summed E-state index contributed by atoms with van der Waals surface area (Å²) >= 11 is 0. The third kappa shape index (κ3) is 3.70. The van der Waals surface area contributed by atoms with Crippen molar-refractivity contribution in [1.29, 1.82) is 0 Å². The molecule has 9 heteroatoms. The van der Waals surface area contributed by atoms with E-state index in [1.54, 1.807) is 37.8 Å². The number of aromatic nitrogens is 4. The predicted molar refractivity (Wildman–Crippen MR) is 107 cm³/mol. The highest BCUT2D eigenvalue weighted by atomic mass is 16.5. The number of esters is 1. The number of nitrogens with zero attached hydrogens (tertiary/aromatic N) is 4. The molecule has 30 heavy (non-hydrogen) atoms. The van der Waals surface area contributed by atoms with Crippen LogP contribution < -0.4 is 5.32 Å². The summed E-state index contributed by atoms with van der Waals surface area (Å²) in [5, 5.41) is 11.1. The van der Waals surface area contributed by atoms with E-state index < -0.39 is 11.9 Å². The first-order valence-corrected chi connectivity index (χ1v) is 9.90. The number of nitrogens with one attached hydrogen (secondary N) is 1. The minimum absolute atomic E-state index is 0.0545. The third-order valence-corrected chi connectivity index (χ3v) is 5.29. The highest BCUT2D eigenvalue weighted by Gasteiger charge is 2.27. The van der Waals surface area contributed by atoms with E-state index >= 15 is 0 Å². The lowest BCUT2D eigenvalue weighted by Crippen LogP contribution is -2.28. The van der Waals surface area contributed by atoms with Crippen molar-refractivity contribution in [1.82, 2.24) is 25.2 Å². The van der Waals surface area contributed by atoms with E-state index in [1.807, 2.05) is 18.2 Å². The summed E-state index contributed by atoms with van der Waals surface area (Å²) in [4.78, 5) is 28.8. The van der Waals surface area contributed by atoms with Crippen molar-refractivity contribution in [3.8, 4) is 11.4 Å². The Morgan fingerprint density at radius 3 is 2.93 bits per heavy atom. The van der Waals surface area contributed by atoms with Crippen molar-refractivity contribution in [2.45, 2.75) is 38.6 Å². The zero-order chi connectivity index (χ0) is 21.3. The van der Waals surface area contributed by atoms with Crippen molar-refractivity contribution < 1.29 is 18.8 Å². The average Bonchev–Trinajstić information content (AvgIpc) is 3.47. The molecule has 0 spiro atoms. The maximum Gasteiger partial charge on any atom is 0.318 e. The number of carbonyl (C=O) groups is 2. The minimum Gasteiger partial charge on any atom is -0.465 e. The highest BCUT2D eigenvalue weighted by Crippen LogP contribution is 2.34. The van der Waals surface area contributed by atoms with Gasteiger partial charge in [-0.25, -0.2) is 0 Å². The third-order valence-electron chi connectivity index (χ3n) is 5.29. The fourth-order valence-electron chi connectivity index (χ4n) is 3.63. The number of benzene rings is 1. The quantitative estimate of drug-likeness (QED) is 0.623. The number of aryl methyl sites for hydroxylation is 2. The van der Waals surface area contributed by atoms with Crippen molar-refractivity contribution >= 4 is 11.9 Å². The van der Waals surface area contributed by atoms with Gasteiger partial charge in [-0.15, -0.1) is 0 Å². The van der Waals surface area contributed by atoms with Crippen LogP contribution in [0.1, 0.15) is 59.7 Å². The summed E-state index contributed by atoms with van der Waals surface area (Å²) in [7, 11) is 1.74. The van der Waals surface area contributed by atoms with Gasteiger partial charge in [-0.2, -0.15) is 10.1 Å². The maximum absolute atomic E-state index is 12.5. The number of ether oxygens (including phenoxy) is 1. The molecule has 1 aromatic carbocycles. The largest absolute Gasteiger partial charge is 0.465 e. The lowest BCUT2D eigenvalue weighted by molar-refractivity contribution is -0.145. The number of fused-ring (bicyclic) bond motifs is 1. The van der Waals surface area contributed by atoms with Crippen LogP contribution in [0.15, 0.2) is 35.0 Å². The second kappa shape index (κ2) is 8.10. The standard InChI is InChI=1S/C21H23N5O4/c1-4-29-21(28)12(2)20-24-18(25-30-20)14-5-7-15-13(11-14)6-8-16(15)23-19(27)17-9-10-22-26(17)3/h5,7,9-12,16H,4,6,8H2,1-3H3,(H,23,27)/t12?,16-/m1/s1. The van der Waals surface area contributed by atoms with Gasteiger partial charge in [0.25, 0.3) is 5.91 Å². The molecule has 4 rings (SSSR count). The zero-order valence-electron chi connectivity index (χ0n) is 17.1. The summed E-state index contributed by atoms with van der Waals surface area (Å²) in [6, 6.07) is 7.53. The van der Waals surface area contributed by atoms with Gasteiger partial charge in [-0.3, -0.25) is 14.3 Å². The van der Waals surface area contributed by atoms with Gasteiger partial charge in [0.05, 0.1) is 12.6 Å². The molecule has 0 radical (unpaired) electrons. The normalized spacial score (nSPS) is 16.2. The molecule has 0 aliphatic heterocycles. The van der Waals surface area contributed by atoms with Crippen LogP contribution in [0.4, 0.5) is 0 Å². The van der Waals surface area contributed by atoms with Crippen LogP contribution in [0.2, 0.25) is 0 Å². The molecule has 1 N–H and O–H groups in total. The first-order valence-electron chi connectivity index (χ1n) is 9.90. The molecule has 1 amide bonds. The van der Waals surface area contributed by atoms with Gasteiger partial charge >= 0.3 is 5.97 Å². The summed E-state index contributed by atoms with van der Waals surface area (Å²) in [6.07, 6.45) is 3.26. The smallest absolute Gasteiger partial charge is 0.318 e. The number of carbonyl (C=O) groups excluding carboxylic acids is 2. The van der Waals surface area contributed by atoms with E-state index in [9.17, 15) is 9.59 Å². The maximum atomic E-state index is 12.5. The van der Waals surface area contributed by atoms with E-state index in [2.05, 4.69) is 20.6 Å². The molecule has 0 saturated heterocycles. The fraction of sp³-hybridized carbons (Fsp3) is 0.381. The molecular weight excluding hydrogens is 386 g/mol. The Balaban J connectivity index is 1.50. The van der Waals surface area contributed by atoms with Crippen LogP contribution in [0, 0.1) is 0 Å². The van der Waals surface area contributed by atoms with Gasteiger partial charge in [0, 0.05) is 18.8 Å². The molecule has 3 aromatic rings. The average molecular weight is 409 g/mol. The molecule has 2 atom stereocenters.